The number of halogens is 2. The van der Waals surface area contributed by atoms with E-state index in [9.17, 15) is 13.6 Å². The predicted octanol–water partition coefficient (Wildman–Crippen LogP) is 0.913. The second-order valence-corrected chi connectivity index (χ2v) is 3.46. The van der Waals surface area contributed by atoms with E-state index in [1.807, 2.05) is 0 Å². The molecule has 0 saturated carbocycles. The standard InChI is InChI=1S/C10H9F2N5O2/c11-10(12)19-8-3-1-7(2-4-8)14-9(18)5-17-6-13-15-16-17/h1-4,6,10H,5H2,(H,14,18). The van der Waals surface area contributed by atoms with Crippen LogP contribution in [0.1, 0.15) is 0 Å². The van der Waals surface area contributed by atoms with Crippen LogP contribution in [-0.2, 0) is 11.3 Å². The van der Waals surface area contributed by atoms with Crippen LogP contribution in [0.5, 0.6) is 5.75 Å². The monoisotopic (exact) mass is 269 g/mol. The Hall–Kier alpha value is -2.58. The number of ether oxygens (including phenoxy) is 1. The molecule has 1 N–H and O–H groups in total. The average molecular weight is 269 g/mol. The molecule has 0 spiro atoms. The Bertz CT molecular complexity index is 529. The highest BCUT2D eigenvalue weighted by molar-refractivity contribution is 5.90. The molecule has 1 aromatic heterocycles. The summed E-state index contributed by atoms with van der Waals surface area (Å²) in [6, 6.07) is 5.57. The molecular formula is C10H9F2N5O2. The summed E-state index contributed by atoms with van der Waals surface area (Å²) >= 11 is 0. The lowest BCUT2D eigenvalue weighted by atomic mass is 10.3. The molecule has 2 rings (SSSR count). The van der Waals surface area contributed by atoms with Gasteiger partial charge in [-0.2, -0.15) is 8.78 Å². The molecule has 0 aliphatic rings. The normalized spacial score (nSPS) is 10.5. The summed E-state index contributed by atoms with van der Waals surface area (Å²) in [5.74, 6) is -0.316. The van der Waals surface area contributed by atoms with Crippen molar-refractivity contribution in [3.8, 4) is 5.75 Å². The van der Waals surface area contributed by atoms with E-state index in [1.54, 1.807) is 0 Å². The van der Waals surface area contributed by atoms with Gasteiger partial charge in [0.25, 0.3) is 0 Å². The Labute approximate surface area is 106 Å². The third-order valence-electron chi connectivity index (χ3n) is 2.06. The number of anilines is 1. The fourth-order valence-electron chi connectivity index (χ4n) is 1.32. The van der Waals surface area contributed by atoms with Gasteiger partial charge in [0.05, 0.1) is 0 Å². The third kappa shape index (κ3) is 3.98. The maximum absolute atomic E-state index is 11.9. The number of benzene rings is 1. The number of carbonyl (C=O) groups is 1. The van der Waals surface area contributed by atoms with Gasteiger partial charge < -0.3 is 10.1 Å². The fourth-order valence-corrected chi connectivity index (χ4v) is 1.32. The van der Waals surface area contributed by atoms with Gasteiger partial charge >= 0.3 is 6.61 Å². The minimum Gasteiger partial charge on any atom is -0.435 e. The number of amides is 1. The summed E-state index contributed by atoms with van der Waals surface area (Å²) in [6.07, 6.45) is 1.30. The van der Waals surface area contributed by atoms with Crippen molar-refractivity contribution in [2.45, 2.75) is 13.2 Å². The Balaban J connectivity index is 1.90. The summed E-state index contributed by atoms with van der Waals surface area (Å²) in [6.45, 7) is -2.91. The highest BCUT2D eigenvalue weighted by Crippen LogP contribution is 2.17. The largest absolute Gasteiger partial charge is 0.435 e. The molecule has 0 saturated heterocycles. The van der Waals surface area contributed by atoms with Gasteiger partial charge in [-0.1, -0.05) is 0 Å². The molecule has 0 unspecified atom stereocenters. The van der Waals surface area contributed by atoms with E-state index in [0.29, 0.717) is 5.69 Å². The van der Waals surface area contributed by atoms with Crippen LogP contribution in [0.15, 0.2) is 30.6 Å². The molecule has 0 aliphatic heterocycles. The zero-order chi connectivity index (χ0) is 13.7. The van der Waals surface area contributed by atoms with Crippen LogP contribution in [0, 0.1) is 0 Å². The van der Waals surface area contributed by atoms with Gasteiger partial charge in [0.1, 0.15) is 18.6 Å². The Kier molecular flexibility index (Phi) is 3.96. The van der Waals surface area contributed by atoms with Crippen LogP contribution in [0.25, 0.3) is 0 Å². The van der Waals surface area contributed by atoms with E-state index in [-0.39, 0.29) is 18.2 Å². The van der Waals surface area contributed by atoms with Crippen LogP contribution in [0.3, 0.4) is 0 Å². The summed E-state index contributed by atoms with van der Waals surface area (Å²) in [4.78, 5) is 11.6. The SMILES string of the molecule is O=C(Cn1cnnn1)Nc1ccc(OC(F)F)cc1. The molecule has 1 amide bonds. The molecule has 0 aliphatic carbocycles. The molecule has 1 aromatic carbocycles. The van der Waals surface area contributed by atoms with Crippen molar-refractivity contribution in [2.24, 2.45) is 0 Å². The number of nitrogens with one attached hydrogen (secondary N) is 1. The van der Waals surface area contributed by atoms with Crippen molar-refractivity contribution in [3.05, 3.63) is 30.6 Å². The van der Waals surface area contributed by atoms with Gasteiger partial charge in [-0.15, -0.1) is 5.10 Å². The molecule has 1 heterocycles. The lowest BCUT2D eigenvalue weighted by molar-refractivity contribution is -0.116. The van der Waals surface area contributed by atoms with Crippen molar-refractivity contribution in [1.82, 2.24) is 20.2 Å². The molecule has 9 heteroatoms. The molecule has 100 valence electrons. The Morgan fingerprint density at radius 1 is 1.37 bits per heavy atom. The number of aromatic nitrogens is 4. The van der Waals surface area contributed by atoms with Crippen LogP contribution in [-0.4, -0.2) is 32.7 Å². The maximum Gasteiger partial charge on any atom is 0.387 e. The fraction of sp³-hybridized carbons (Fsp3) is 0.200. The molecular weight excluding hydrogens is 260 g/mol. The average Bonchev–Trinajstić information content (AvgIpc) is 2.83. The molecule has 0 fully saturated rings. The lowest BCUT2D eigenvalue weighted by Gasteiger charge is -2.07. The minimum atomic E-state index is -2.87. The van der Waals surface area contributed by atoms with Gasteiger partial charge in [0.2, 0.25) is 5.91 Å². The van der Waals surface area contributed by atoms with Crippen LogP contribution in [0.4, 0.5) is 14.5 Å². The van der Waals surface area contributed by atoms with Crippen LogP contribution in [0.2, 0.25) is 0 Å². The van der Waals surface area contributed by atoms with E-state index >= 15 is 0 Å². The zero-order valence-corrected chi connectivity index (χ0v) is 9.53. The number of hydrogen-bond acceptors (Lipinski definition) is 5. The first-order chi connectivity index (χ1) is 9.13. The van der Waals surface area contributed by atoms with Gasteiger partial charge in [0.15, 0.2) is 0 Å². The van der Waals surface area contributed by atoms with Crippen molar-refractivity contribution < 1.29 is 18.3 Å². The molecule has 0 bridgehead atoms. The van der Waals surface area contributed by atoms with Gasteiger partial charge in [-0.05, 0) is 34.7 Å². The topological polar surface area (TPSA) is 81.9 Å². The van der Waals surface area contributed by atoms with Crippen LogP contribution < -0.4 is 10.1 Å². The third-order valence-corrected chi connectivity index (χ3v) is 2.06. The van der Waals surface area contributed by atoms with Crippen LogP contribution >= 0.6 is 0 Å². The van der Waals surface area contributed by atoms with E-state index in [2.05, 4.69) is 25.6 Å². The number of carbonyl (C=O) groups excluding carboxylic acids is 1. The smallest absolute Gasteiger partial charge is 0.387 e. The molecule has 0 atom stereocenters. The summed E-state index contributed by atoms with van der Waals surface area (Å²) < 4.78 is 29.3. The second kappa shape index (κ2) is 5.85. The van der Waals surface area contributed by atoms with E-state index < -0.39 is 6.61 Å². The summed E-state index contributed by atoms with van der Waals surface area (Å²) in [7, 11) is 0. The first-order valence-electron chi connectivity index (χ1n) is 5.19. The first-order valence-corrected chi connectivity index (χ1v) is 5.19. The lowest BCUT2D eigenvalue weighted by Crippen LogP contribution is -2.19. The number of hydrogen-bond donors (Lipinski definition) is 1. The molecule has 19 heavy (non-hydrogen) atoms. The second-order valence-electron chi connectivity index (χ2n) is 3.46. The van der Waals surface area contributed by atoms with Crippen molar-refractivity contribution in [1.29, 1.82) is 0 Å². The molecule has 2 aromatic rings. The summed E-state index contributed by atoms with van der Waals surface area (Å²) in [5.41, 5.74) is 0.458. The van der Waals surface area contributed by atoms with Gasteiger partial charge in [-0.25, -0.2) is 4.68 Å². The zero-order valence-electron chi connectivity index (χ0n) is 9.53. The van der Waals surface area contributed by atoms with Gasteiger partial charge in [-0.3, -0.25) is 4.79 Å². The molecule has 7 nitrogen and oxygen atoms in total. The predicted molar refractivity (Wildman–Crippen MR) is 59.5 cm³/mol. The Morgan fingerprint density at radius 2 is 2.11 bits per heavy atom. The highest BCUT2D eigenvalue weighted by Gasteiger charge is 2.06. The number of rotatable bonds is 5. The Morgan fingerprint density at radius 3 is 2.68 bits per heavy atom. The number of tetrazole rings is 1. The van der Waals surface area contributed by atoms with E-state index in [0.717, 1.165) is 0 Å². The first kappa shape index (κ1) is 12.9. The quantitative estimate of drug-likeness (QED) is 0.872. The maximum atomic E-state index is 11.9. The number of alkyl halides is 2. The van der Waals surface area contributed by atoms with E-state index in [1.165, 1.54) is 35.3 Å². The highest BCUT2D eigenvalue weighted by atomic mass is 19.3. The van der Waals surface area contributed by atoms with Crippen molar-refractivity contribution in [2.75, 3.05) is 5.32 Å². The summed E-state index contributed by atoms with van der Waals surface area (Å²) in [5, 5.41) is 12.9. The minimum absolute atomic E-state index is 0.0217. The van der Waals surface area contributed by atoms with Gasteiger partial charge in [0, 0.05) is 5.69 Å². The molecule has 0 radical (unpaired) electrons. The number of nitrogens with zero attached hydrogens (tertiary/aromatic N) is 4. The van der Waals surface area contributed by atoms with E-state index in [4.69, 9.17) is 0 Å². The van der Waals surface area contributed by atoms with Crippen molar-refractivity contribution >= 4 is 11.6 Å². The van der Waals surface area contributed by atoms with Crippen molar-refractivity contribution in [3.63, 3.8) is 0 Å².